The van der Waals surface area contributed by atoms with Gasteiger partial charge in [-0.15, -0.1) is 0 Å². The molecule has 1 rings (SSSR count). The third-order valence-corrected chi connectivity index (χ3v) is 4.58. The predicted molar refractivity (Wildman–Crippen MR) is 64.1 cm³/mol. The summed E-state index contributed by atoms with van der Waals surface area (Å²) in [7, 11) is 0. The first-order chi connectivity index (χ1) is 5.66. The Labute approximate surface area is 98.1 Å². The molecule has 0 aliphatic carbocycles. The number of alkyl halides is 1. The van der Waals surface area contributed by atoms with Gasteiger partial charge in [0.25, 0.3) is 0 Å². The Morgan fingerprint density at radius 3 is 2.42 bits per heavy atom. The van der Waals surface area contributed by atoms with Gasteiger partial charge in [0.2, 0.25) is 0 Å². The smallest absolute Gasteiger partial charge is 0.0352 e. The normalized spacial score (nSPS) is 10.3. The van der Waals surface area contributed by atoms with E-state index in [4.69, 9.17) is 0 Å². The molecule has 0 fully saturated rings. The molecule has 0 aliphatic heterocycles. The van der Waals surface area contributed by atoms with Gasteiger partial charge in [0.1, 0.15) is 0 Å². The minimum Gasteiger partial charge on any atom is -0.0924 e. The molecule has 0 aromatic heterocycles. The average Bonchev–Trinajstić information content (AvgIpc) is 2.07. The number of aryl methyl sites for hydroxylation is 2. The second-order valence-electron chi connectivity index (χ2n) is 2.61. The minimum absolute atomic E-state index is 1.00. The Morgan fingerprint density at radius 2 is 1.83 bits per heavy atom. The first-order valence-corrected chi connectivity index (χ1v) is 6.37. The molecule has 0 heterocycles. The van der Waals surface area contributed by atoms with E-state index in [0.717, 1.165) is 11.8 Å². The van der Waals surface area contributed by atoms with Gasteiger partial charge in [-0.3, -0.25) is 0 Å². The molecule has 1 aromatic rings. The molecule has 0 spiro atoms. The number of benzene rings is 1. The molecule has 12 heavy (non-hydrogen) atoms. The fraction of sp³-hybridized carbons (Fsp3) is 0.333. The summed E-state index contributed by atoms with van der Waals surface area (Å²) in [6.07, 6.45) is 1.06. The number of rotatable bonds is 2. The standard InChI is InChI=1S/C9H9Br3/c1-6-2-3-7(4-5-10)9(12)8(6)11/h2-3H,4-5H2,1H3. The summed E-state index contributed by atoms with van der Waals surface area (Å²) in [6, 6.07) is 4.29. The van der Waals surface area contributed by atoms with E-state index < -0.39 is 0 Å². The molecule has 0 amide bonds. The van der Waals surface area contributed by atoms with E-state index in [9.17, 15) is 0 Å². The first kappa shape index (κ1) is 10.7. The van der Waals surface area contributed by atoms with Gasteiger partial charge in [-0.2, -0.15) is 0 Å². The van der Waals surface area contributed by atoms with Crippen molar-refractivity contribution in [3.05, 3.63) is 32.2 Å². The Kier molecular flexibility index (Phi) is 4.27. The van der Waals surface area contributed by atoms with Gasteiger partial charge < -0.3 is 0 Å². The lowest BCUT2D eigenvalue weighted by molar-refractivity contribution is 1.14. The molecule has 0 atom stereocenters. The van der Waals surface area contributed by atoms with Crippen LogP contribution in [-0.2, 0) is 6.42 Å². The topological polar surface area (TPSA) is 0 Å². The molecule has 0 N–H and O–H groups in total. The summed E-state index contributed by atoms with van der Waals surface area (Å²) in [6.45, 7) is 2.09. The quantitative estimate of drug-likeness (QED) is 0.686. The van der Waals surface area contributed by atoms with E-state index in [1.807, 2.05) is 0 Å². The van der Waals surface area contributed by atoms with E-state index in [1.54, 1.807) is 0 Å². The summed E-state index contributed by atoms with van der Waals surface area (Å²) >= 11 is 10.5. The Morgan fingerprint density at radius 1 is 1.17 bits per heavy atom. The maximum absolute atomic E-state index is 3.56. The van der Waals surface area contributed by atoms with Gasteiger partial charge in [0, 0.05) is 14.3 Å². The lowest BCUT2D eigenvalue weighted by Crippen LogP contribution is -1.89. The van der Waals surface area contributed by atoms with Crippen LogP contribution < -0.4 is 0 Å². The molecule has 1 aromatic carbocycles. The van der Waals surface area contributed by atoms with Crippen LogP contribution >= 0.6 is 47.8 Å². The largest absolute Gasteiger partial charge is 0.0924 e. The molecule has 0 aliphatic rings. The van der Waals surface area contributed by atoms with Crippen LogP contribution in [-0.4, -0.2) is 5.33 Å². The number of hydrogen-bond donors (Lipinski definition) is 0. The number of halogens is 3. The van der Waals surface area contributed by atoms with Gasteiger partial charge in [-0.25, -0.2) is 0 Å². The lowest BCUT2D eigenvalue weighted by atomic mass is 10.1. The van der Waals surface area contributed by atoms with Crippen molar-refractivity contribution in [1.29, 1.82) is 0 Å². The van der Waals surface area contributed by atoms with Gasteiger partial charge >= 0.3 is 0 Å². The molecule has 0 saturated carbocycles. The Hall–Kier alpha value is 0.660. The summed E-state index contributed by atoms with van der Waals surface area (Å²) in [5.41, 5.74) is 2.60. The molecular weight excluding hydrogens is 348 g/mol. The molecule has 66 valence electrons. The maximum atomic E-state index is 3.56. The fourth-order valence-electron chi connectivity index (χ4n) is 0.981. The predicted octanol–water partition coefficient (Wildman–Crippen LogP) is 4.46. The fourth-order valence-corrected chi connectivity index (χ4v) is 2.44. The molecule has 0 bridgehead atoms. The molecule has 3 heteroatoms. The van der Waals surface area contributed by atoms with E-state index in [-0.39, 0.29) is 0 Å². The van der Waals surface area contributed by atoms with Gasteiger partial charge in [0.15, 0.2) is 0 Å². The van der Waals surface area contributed by atoms with Crippen LogP contribution in [0.15, 0.2) is 21.1 Å². The van der Waals surface area contributed by atoms with Crippen LogP contribution in [0.5, 0.6) is 0 Å². The van der Waals surface area contributed by atoms with Crippen LogP contribution in [0.3, 0.4) is 0 Å². The third-order valence-electron chi connectivity index (χ3n) is 1.72. The maximum Gasteiger partial charge on any atom is 0.0352 e. The highest BCUT2D eigenvalue weighted by molar-refractivity contribution is 9.13. The van der Waals surface area contributed by atoms with Gasteiger partial charge in [0.05, 0.1) is 0 Å². The number of hydrogen-bond acceptors (Lipinski definition) is 0. The van der Waals surface area contributed by atoms with Crippen LogP contribution in [0.4, 0.5) is 0 Å². The van der Waals surface area contributed by atoms with Crippen molar-refractivity contribution in [3.63, 3.8) is 0 Å². The van der Waals surface area contributed by atoms with Crippen molar-refractivity contribution in [2.24, 2.45) is 0 Å². The monoisotopic (exact) mass is 354 g/mol. The van der Waals surface area contributed by atoms with Crippen LogP contribution in [0.1, 0.15) is 11.1 Å². The van der Waals surface area contributed by atoms with E-state index in [2.05, 4.69) is 66.8 Å². The van der Waals surface area contributed by atoms with Gasteiger partial charge in [-0.05, 0) is 56.3 Å². The summed E-state index contributed by atoms with van der Waals surface area (Å²) in [5.74, 6) is 0. The summed E-state index contributed by atoms with van der Waals surface area (Å²) in [5, 5.41) is 1.00. The SMILES string of the molecule is Cc1ccc(CCBr)c(Br)c1Br. The van der Waals surface area contributed by atoms with Crippen molar-refractivity contribution >= 4 is 47.8 Å². The zero-order chi connectivity index (χ0) is 9.14. The van der Waals surface area contributed by atoms with Gasteiger partial charge in [-0.1, -0.05) is 28.1 Å². The lowest BCUT2D eigenvalue weighted by Gasteiger charge is -2.06. The van der Waals surface area contributed by atoms with Crippen LogP contribution in [0.25, 0.3) is 0 Å². The highest BCUT2D eigenvalue weighted by atomic mass is 79.9. The molecule has 0 nitrogen and oxygen atoms in total. The minimum atomic E-state index is 1.00. The first-order valence-electron chi connectivity index (χ1n) is 3.66. The van der Waals surface area contributed by atoms with E-state index >= 15 is 0 Å². The molecule has 0 saturated heterocycles. The molecule has 0 unspecified atom stereocenters. The highest BCUT2D eigenvalue weighted by Gasteiger charge is 2.04. The summed E-state index contributed by atoms with van der Waals surface area (Å²) < 4.78 is 2.35. The van der Waals surface area contributed by atoms with Crippen molar-refractivity contribution in [3.8, 4) is 0 Å². The van der Waals surface area contributed by atoms with E-state index in [1.165, 1.54) is 20.1 Å². The zero-order valence-electron chi connectivity index (χ0n) is 6.70. The Bertz CT molecular complexity index is 281. The Balaban J connectivity index is 3.08. The van der Waals surface area contributed by atoms with Crippen molar-refractivity contribution in [2.45, 2.75) is 13.3 Å². The summed E-state index contributed by atoms with van der Waals surface area (Å²) in [4.78, 5) is 0. The second kappa shape index (κ2) is 4.77. The van der Waals surface area contributed by atoms with Crippen LogP contribution in [0, 0.1) is 6.92 Å². The zero-order valence-corrected chi connectivity index (χ0v) is 11.5. The molecule has 0 radical (unpaired) electrons. The average molecular weight is 357 g/mol. The van der Waals surface area contributed by atoms with Crippen molar-refractivity contribution in [1.82, 2.24) is 0 Å². The molecular formula is C9H9Br3. The second-order valence-corrected chi connectivity index (χ2v) is 4.99. The van der Waals surface area contributed by atoms with Crippen molar-refractivity contribution in [2.75, 3.05) is 5.33 Å². The third kappa shape index (κ3) is 2.33. The highest BCUT2D eigenvalue weighted by Crippen LogP contribution is 2.30. The van der Waals surface area contributed by atoms with E-state index in [0.29, 0.717) is 0 Å². The van der Waals surface area contributed by atoms with Crippen molar-refractivity contribution < 1.29 is 0 Å². The van der Waals surface area contributed by atoms with Crippen LogP contribution in [0.2, 0.25) is 0 Å².